The molecule has 2 atom stereocenters. The molecular weight excluding hydrogens is 295 g/mol. The van der Waals surface area contributed by atoms with Gasteiger partial charge in [0.25, 0.3) is 0 Å². The van der Waals surface area contributed by atoms with Crippen molar-refractivity contribution < 1.29 is 14.0 Å². The number of halogens is 1. The zero-order valence-electron chi connectivity index (χ0n) is 14.0. The van der Waals surface area contributed by atoms with Crippen LogP contribution in [0.4, 0.5) is 4.39 Å². The number of nitrogens with one attached hydrogen (secondary N) is 1. The van der Waals surface area contributed by atoms with Gasteiger partial charge in [0, 0.05) is 31.5 Å². The molecule has 0 aromatic heterocycles. The maximum Gasteiger partial charge on any atom is 0.225 e. The van der Waals surface area contributed by atoms with Gasteiger partial charge in [0.05, 0.1) is 5.92 Å². The molecule has 0 spiro atoms. The molecule has 1 aromatic carbocycles. The van der Waals surface area contributed by atoms with Crippen LogP contribution in [-0.2, 0) is 9.59 Å². The van der Waals surface area contributed by atoms with Crippen molar-refractivity contribution >= 4 is 11.8 Å². The minimum absolute atomic E-state index is 0.0391. The summed E-state index contributed by atoms with van der Waals surface area (Å²) in [5.41, 5.74) is 0.778. The summed E-state index contributed by atoms with van der Waals surface area (Å²) in [6.07, 6.45) is 0.859. The lowest BCUT2D eigenvalue weighted by molar-refractivity contribution is -0.133. The fraction of sp³-hybridized carbons (Fsp3) is 0.556. The predicted molar refractivity (Wildman–Crippen MR) is 87.3 cm³/mol. The van der Waals surface area contributed by atoms with E-state index in [-0.39, 0.29) is 35.4 Å². The standard InChI is InChI=1S/C18H25FN2O2/c1-4-8-20-17(22)16-11-21(18(23)12(2)3)10-15(16)13-6-5-7-14(19)9-13/h5-7,9,12,15-16H,4,8,10-11H2,1-3H3,(H,20,22)/t15-,16-/m0/s1. The third kappa shape index (κ3) is 4.09. The average molecular weight is 320 g/mol. The van der Waals surface area contributed by atoms with Gasteiger partial charge >= 0.3 is 0 Å². The van der Waals surface area contributed by atoms with Crippen LogP contribution in [0.3, 0.4) is 0 Å². The zero-order chi connectivity index (χ0) is 17.0. The summed E-state index contributed by atoms with van der Waals surface area (Å²) in [6, 6.07) is 6.34. The van der Waals surface area contributed by atoms with Crippen LogP contribution in [0.15, 0.2) is 24.3 Å². The molecular formula is C18H25FN2O2. The van der Waals surface area contributed by atoms with E-state index in [0.29, 0.717) is 19.6 Å². The number of likely N-dealkylation sites (tertiary alicyclic amines) is 1. The van der Waals surface area contributed by atoms with Gasteiger partial charge < -0.3 is 10.2 Å². The summed E-state index contributed by atoms with van der Waals surface area (Å²) < 4.78 is 13.6. The van der Waals surface area contributed by atoms with E-state index in [1.54, 1.807) is 11.0 Å². The Balaban J connectivity index is 2.24. The first-order valence-electron chi connectivity index (χ1n) is 8.26. The van der Waals surface area contributed by atoms with Gasteiger partial charge in [-0.1, -0.05) is 32.9 Å². The Bertz CT molecular complexity index is 574. The highest BCUT2D eigenvalue weighted by Gasteiger charge is 2.40. The molecule has 0 unspecified atom stereocenters. The number of carbonyl (C=O) groups excluding carboxylic acids is 2. The van der Waals surface area contributed by atoms with Crippen LogP contribution in [0, 0.1) is 17.7 Å². The highest BCUT2D eigenvalue weighted by Crippen LogP contribution is 2.34. The number of nitrogens with zero attached hydrogens (tertiary/aromatic N) is 1. The third-order valence-corrected chi connectivity index (χ3v) is 4.29. The molecule has 1 aliphatic rings. The second-order valence-electron chi connectivity index (χ2n) is 6.46. The van der Waals surface area contributed by atoms with Gasteiger partial charge in [0.2, 0.25) is 11.8 Å². The van der Waals surface area contributed by atoms with Gasteiger partial charge in [-0.2, -0.15) is 0 Å². The third-order valence-electron chi connectivity index (χ3n) is 4.29. The van der Waals surface area contributed by atoms with Crippen LogP contribution in [-0.4, -0.2) is 36.3 Å². The second-order valence-corrected chi connectivity index (χ2v) is 6.46. The second kappa shape index (κ2) is 7.57. The van der Waals surface area contributed by atoms with Gasteiger partial charge in [0.1, 0.15) is 5.82 Å². The molecule has 5 heteroatoms. The largest absolute Gasteiger partial charge is 0.356 e. The quantitative estimate of drug-likeness (QED) is 0.906. The van der Waals surface area contributed by atoms with Crippen molar-refractivity contribution in [3.8, 4) is 0 Å². The summed E-state index contributed by atoms with van der Waals surface area (Å²) in [5, 5.41) is 2.91. The van der Waals surface area contributed by atoms with Crippen LogP contribution in [0.2, 0.25) is 0 Å². The van der Waals surface area contributed by atoms with Crippen LogP contribution in [0.5, 0.6) is 0 Å². The molecule has 1 saturated heterocycles. The van der Waals surface area contributed by atoms with Gasteiger partial charge in [-0.3, -0.25) is 9.59 Å². The van der Waals surface area contributed by atoms with E-state index in [1.807, 2.05) is 26.8 Å². The Labute approximate surface area is 137 Å². The van der Waals surface area contributed by atoms with Crippen molar-refractivity contribution in [3.05, 3.63) is 35.6 Å². The molecule has 1 aliphatic heterocycles. The van der Waals surface area contributed by atoms with Gasteiger partial charge in [0.15, 0.2) is 0 Å². The Hall–Kier alpha value is -1.91. The highest BCUT2D eigenvalue weighted by molar-refractivity contribution is 5.84. The maximum absolute atomic E-state index is 13.6. The molecule has 23 heavy (non-hydrogen) atoms. The summed E-state index contributed by atoms with van der Waals surface area (Å²) >= 11 is 0. The molecule has 0 saturated carbocycles. The van der Waals surface area contributed by atoms with Gasteiger partial charge in [-0.25, -0.2) is 4.39 Å². The number of hydrogen-bond acceptors (Lipinski definition) is 2. The minimum Gasteiger partial charge on any atom is -0.356 e. The van der Waals surface area contributed by atoms with Crippen molar-refractivity contribution in [1.29, 1.82) is 0 Å². The maximum atomic E-state index is 13.6. The smallest absolute Gasteiger partial charge is 0.225 e. The first kappa shape index (κ1) is 17.4. The summed E-state index contributed by atoms with van der Waals surface area (Å²) in [5.74, 6) is -0.932. The van der Waals surface area contributed by atoms with Crippen molar-refractivity contribution in [3.63, 3.8) is 0 Å². The van der Waals surface area contributed by atoms with Crippen LogP contribution < -0.4 is 5.32 Å². The van der Waals surface area contributed by atoms with Crippen molar-refractivity contribution in [2.45, 2.75) is 33.1 Å². The SMILES string of the molecule is CCCNC(=O)[C@H]1CN(C(=O)C(C)C)C[C@H]1c1cccc(F)c1. The molecule has 1 N–H and O–H groups in total. The van der Waals surface area contributed by atoms with Crippen molar-refractivity contribution in [2.24, 2.45) is 11.8 Å². The monoisotopic (exact) mass is 320 g/mol. The number of amides is 2. The minimum atomic E-state index is -0.328. The highest BCUT2D eigenvalue weighted by atomic mass is 19.1. The zero-order valence-corrected chi connectivity index (χ0v) is 14.0. The van der Waals surface area contributed by atoms with Gasteiger partial charge in [-0.15, -0.1) is 0 Å². The molecule has 1 fully saturated rings. The lowest BCUT2D eigenvalue weighted by Crippen LogP contribution is -2.36. The predicted octanol–water partition coefficient (Wildman–Crippen LogP) is 2.55. The van der Waals surface area contributed by atoms with E-state index >= 15 is 0 Å². The molecule has 4 nitrogen and oxygen atoms in total. The number of rotatable bonds is 5. The Morgan fingerprint density at radius 2 is 2.09 bits per heavy atom. The molecule has 2 amide bonds. The Morgan fingerprint density at radius 1 is 1.35 bits per heavy atom. The topological polar surface area (TPSA) is 49.4 Å². The first-order chi connectivity index (χ1) is 10.9. The molecule has 0 bridgehead atoms. The van der Waals surface area contributed by atoms with Crippen LogP contribution in [0.25, 0.3) is 0 Å². The lowest BCUT2D eigenvalue weighted by atomic mass is 9.88. The Morgan fingerprint density at radius 3 is 2.70 bits per heavy atom. The van der Waals surface area contributed by atoms with E-state index in [0.717, 1.165) is 12.0 Å². The summed E-state index contributed by atoms with van der Waals surface area (Å²) in [7, 11) is 0. The fourth-order valence-electron chi connectivity index (χ4n) is 3.07. The van der Waals surface area contributed by atoms with Crippen LogP contribution in [0.1, 0.15) is 38.7 Å². The first-order valence-corrected chi connectivity index (χ1v) is 8.26. The van der Waals surface area contributed by atoms with E-state index in [4.69, 9.17) is 0 Å². The van der Waals surface area contributed by atoms with E-state index in [1.165, 1.54) is 12.1 Å². The van der Waals surface area contributed by atoms with E-state index in [2.05, 4.69) is 5.32 Å². The van der Waals surface area contributed by atoms with E-state index in [9.17, 15) is 14.0 Å². The van der Waals surface area contributed by atoms with Crippen molar-refractivity contribution in [2.75, 3.05) is 19.6 Å². The van der Waals surface area contributed by atoms with Crippen LogP contribution >= 0.6 is 0 Å². The average Bonchev–Trinajstić information content (AvgIpc) is 2.97. The molecule has 126 valence electrons. The normalized spacial score (nSPS) is 20.8. The lowest BCUT2D eigenvalue weighted by Gasteiger charge is -2.18. The number of benzene rings is 1. The Kier molecular flexibility index (Phi) is 5.74. The molecule has 2 rings (SSSR count). The summed E-state index contributed by atoms with van der Waals surface area (Å²) in [6.45, 7) is 7.17. The molecule has 1 aromatic rings. The van der Waals surface area contributed by atoms with Gasteiger partial charge in [-0.05, 0) is 24.1 Å². The van der Waals surface area contributed by atoms with E-state index < -0.39 is 0 Å². The molecule has 0 radical (unpaired) electrons. The molecule has 0 aliphatic carbocycles. The van der Waals surface area contributed by atoms with Crippen molar-refractivity contribution in [1.82, 2.24) is 10.2 Å². The molecule has 1 heterocycles. The number of carbonyl (C=O) groups is 2. The fourth-order valence-corrected chi connectivity index (χ4v) is 3.07. The number of hydrogen-bond donors (Lipinski definition) is 1. The summed E-state index contributed by atoms with van der Waals surface area (Å²) in [4.78, 5) is 26.5.